The monoisotopic (exact) mass is 308 g/mol. The van der Waals surface area contributed by atoms with Crippen LogP contribution in [0.25, 0.3) is 11.1 Å². The van der Waals surface area contributed by atoms with Crippen LogP contribution in [0.15, 0.2) is 36.4 Å². The Labute approximate surface area is 143 Å². The third-order valence-electron chi connectivity index (χ3n) is 4.82. The first-order valence-electron chi connectivity index (χ1n) is 8.86. The van der Waals surface area contributed by atoms with Gasteiger partial charge in [0.1, 0.15) is 0 Å². The molecule has 0 heteroatoms. The van der Waals surface area contributed by atoms with Gasteiger partial charge in [-0.1, -0.05) is 84.9 Å². The van der Waals surface area contributed by atoms with Crippen molar-refractivity contribution in [2.75, 3.05) is 0 Å². The predicted octanol–water partition coefficient (Wildman–Crippen LogP) is 7.21. The molecule has 0 N–H and O–H groups in total. The second-order valence-electron chi connectivity index (χ2n) is 8.42. The van der Waals surface area contributed by atoms with Gasteiger partial charge < -0.3 is 0 Å². The minimum Gasteiger partial charge on any atom is -0.0587 e. The van der Waals surface area contributed by atoms with Crippen LogP contribution in [-0.4, -0.2) is 0 Å². The van der Waals surface area contributed by atoms with Crippen LogP contribution < -0.4 is 0 Å². The Balaban J connectivity index is 2.55. The maximum atomic E-state index is 2.39. The molecule has 23 heavy (non-hydrogen) atoms. The summed E-state index contributed by atoms with van der Waals surface area (Å²) >= 11 is 0. The Morgan fingerprint density at radius 1 is 0.696 bits per heavy atom. The van der Waals surface area contributed by atoms with Gasteiger partial charge in [-0.2, -0.15) is 0 Å². The summed E-state index contributed by atoms with van der Waals surface area (Å²) in [6.07, 6.45) is 0. The van der Waals surface area contributed by atoms with Gasteiger partial charge in [0.15, 0.2) is 0 Å². The molecular formula is C23H32. The van der Waals surface area contributed by atoms with Crippen LogP contribution in [0.3, 0.4) is 0 Å². The van der Waals surface area contributed by atoms with Crippen molar-refractivity contribution < 1.29 is 0 Å². The average molecular weight is 309 g/mol. The van der Waals surface area contributed by atoms with Crippen LogP contribution in [0.4, 0.5) is 0 Å². The second kappa shape index (κ2) is 6.51. The molecule has 0 saturated carbocycles. The van der Waals surface area contributed by atoms with Crippen molar-refractivity contribution in [3.05, 3.63) is 58.7 Å². The summed E-state index contributed by atoms with van der Waals surface area (Å²) in [6, 6.07) is 13.9. The highest BCUT2D eigenvalue weighted by atomic mass is 14.2. The lowest BCUT2D eigenvalue weighted by Crippen LogP contribution is -2.10. The van der Waals surface area contributed by atoms with Crippen molar-refractivity contribution in [1.82, 2.24) is 0 Å². The van der Waals surface area contributed by atoms with Crippen LogP contribution in [-0.2, 0) is 5.41 Å². The van der Waals surface area contributed by atoms with Gasteiger partial charge in [-0.15, -0.1) is 0 Å². The average Bonchev–Trinajstić information content (AvgIpc) is 2.46. The topological polar surface area (TPSA) is 0 Å². The predicted molar refractivity (Wildman–Crippen MR) is 103 cm³/mol. The van der Waals surface area contributed by atoms with Gasteiger partial charge in [0.2, 0.25) is 0 Å². The molecule has 0 nitrogen and oxygen atoms in total. The fourth-order valence-electron chi connectivity index (χ4n) is 3.29. The smallest absolute Gasteiger partial charge is 0.0132 e. The van der Waals surface area contributed by atoms with E-state index in [1.54, 1.807) is 0 Å². The highest BCUT2D eigenvalue weighted by Crippen LogP contribution is 2.33. The third kappa shape index (κ3) is 3.86. The molecule has 2 aromatic carbocycles. The quantitative estimate of drug-likeness (QED) is 0.562. The van der Waals surface area contributed by atoms with E-state index < -0.39 is 0 Å². The van der Waals surface area contributed by atoms with Crippen molar-refractivity contribution in [3.63, 3.8) is 0 Å². The first-order valence-corrected chi connectivity index (χ1v) is 8.86. The first-order chi connectivity index (χ1) is 10.6. The van der Waals surface area contributed by atoms with Crippen molar-refractivity contribution >= 4 is 0 Å². The van der Waals surface area contributed by atoms with E-state index in [0.717, 1.165) is 0 Å². The molecule has 0 saturated heterocycles. The van der Waals surface area contributed by atoms with E-state index in [9.17, 15) is 0 Å². The van der Waals surface area contributed by atoms with E-state index in [4.69, 9.17) is 0 Å². The molecule has 124 valence electrons. The van der Waals surface area contributed by atoms with Crippen LogP contribution >= 0.6 is 0 Å². The zero-order valence-corrected chi connectivity index (χ0v) is 16.1. The lowest BCUT2D eigenvalue weighted by molar-refractivity contribution is 0.590. The molecule has 2 rings (SSSR count). The van der Waals surface area contributed by atoms with Gasteiger partial charge in [0.25, 0.3) is 0 Å². The summed E-state index contributed by atoms with van der Waals surface area (Å²) in [5.74, 6) is 1.11. The molecule has 2 aromatic rings. The molecule has 0 unspecified atom stereocenters. The van der Waals surface area contributed by atoms with Gasteiger partial charge in [-0.3, -0.25) is 0 Å². The molecule has 0 aliphatic carbocycles. The lowest BCUT2D eigenvalue weighted by Gasteiger charge is -2.21. The first kappa shape index (κ1) is 17.8. The van der Waals surface area contributed by atoms with E-state index in [0.29, 0.717) is 11.8 Å². The SMILES string of the molecule is Cc1c(C(C)C)cc(-c2ccc(C(C)(C)C)cc2)cc1C(C)C. The van der Waals surface area contributed by atoms with E-state index in [1.807, 2.05) is 0 Å². The zero-order valence-electron chi connectivity index (χ0n) is 16.1. The molecule has 0 amide bonds. The molecule has 0 fully saturated rings. The fourth-order valence-corrected chi connectivity index (χ4v) is 3.29. The van der Waals surface area contributed by atoms with Crippen LogP contribution in [0.5, 0.6) is 0 Å². The molecule has 0 atom stereocenters. The van der Waals surface area contributed by atoms with Gasteiger partial charge in [0.05, 0.1) is 0 Å². The van der Waals surface area contributed by atoms with E-state index in [2.05, 4.69) is 91.8 Å². The van der Waals surface area contributed by atoms with Crippen LogP contribution in [0, 0.1) is 6.92 Å². The van der Waals surface area contributed by atoms with Crippen LogP contribution in [0.1, 0.15) is 82.6 Å². The van der Waals surface area contributed by atoms with E-state index >= 15 is 0 Å². The summed E-state index contributed by atoms with van der Waals surface area (Å²) in [5, 5.41) is 0. The van der Waals surface area contributed by atoms with Gasteiger partial charge in [-0.05, 0) is 57.6 Å². The number of benzene rings is 2. The maximum absolute atomic E-state index is 2.39. The minimum absolute atomic E-state index is 0.206. The van der Waals surface area contributed by atoms with Crippen molar-refractivity contribution in [1.29, 1.82) is 0 Å². The third-order valence-corrected chi connectivity index (χ3v) is 4.82. The molecule has 0 radical (unpaired) electrons. The second-order valence-corrected chi connectivity index (χ2v) is 8.42. The van der Waals surface area contributed by atoms with Crippen molar-refractivity contribution in [2.24, 2.45) is 0 Å². The molecule has 0 spiro atoms. The Morgan fingerprint density at radius 3 is 1.48 bits per heavy atom. The summed E-state index contributed by atoms with van der Waals surface area (Å²) in [5.41, 5.74) is 8.69. The molecular weight excluding hydrogens is 276 g/mol. The molecule has 0 aliphatic rings. The number of rotatable bonds is 3. The number of hydrogen-bond donors (Lipinski definition) is 0. The molecule has 0 aliphatic heterocycles. The summed E-state index contributed by atoms with van der Waals surface area (Å²) in [6.45, 7) is 18.2. The largest absolute Gasteiger partial charge is 0.0587 e. The van der Waals surface area contributed by atoms with Crippen molar-refractivity contribution in [3.8, 4) is 11.1 Å². The highest BCUT2D eigenvalue weighted by molar-refractivity contribution is 5.67. The Hall–Kier alpha value is -1.56. The molecule has 0 aromatic heterocycles. The lowest BCUT2D eigenvalue weighted by atomic mass is 9.84. The maximum Gasteiger partial charge on any atom is -0.0132 e. The molecule has 0 heterocycles. The summed E-state index contributed by atoms with van der Waals surface area (Å²) < 4.78 is 0. The zero-order chi connectivity index (χ0) is 17.4. The van der Waals surface area contributed by atoms with E-state index in [1.165, 1.54) is 33.4 Å². The Morgan fingerprint density at radius 2 is 1.13 bits per heavy atom. The number of hydrogen-bond acceptors (Lipinski definition) is 0. The van der Waals surface area contributed by atoms with Gasteiger partial charge >= 0.3 is 0 Å². The normalized spacial score (nSPS) is 12.3. The molecule has 0 bridgehead atoms. The van der Waals surface area contributed by atoms with Gasteiger partial charge in [-0.25, -0.2) is 0 Å². The summed E-state index contributed by atoms with van der Waals surface area (Å²) in [7, 11) is 0. The highest BCUT2D eigenvalue weighted by Gasteiger charge is 2.15. The minimum atomic E-state index is 0.206. The fraction of sp³-hybridized carbons (Fsp3) is 0.478. The summed E-state index contributed by atoms with van der Waals surface area (Å²) in [4.78, 5) is 0. The van der Waals surface area contributed by atoms with Crippen LogP contribution in [0.2, 0.25) is 0 Å². The van der Waals surface area contributed by atoms with Crippen molar-refractivity contribution in [2.45, 2.75) is 72.6 Å². The van der Waals surface area contributed by atoms with Gasteiger partial charge in [0, 0.05) is 0 Å². The van der Waals surface area contributed by atoms with E-state index in [-0.39, 0.29) is 5.41 Å². The Kier molecular flexibility index (Phi) is 5.04. The Bertz CT molecular complexity index is 635. The standard InChI is InChI=1S/C23H32/c1-15(2)21-13-19(14-22(16(3)4)17(21)5)18-9-11-20(12-10-18)23(6,7)8/h9-16H,1-8H3.